The fourth-order valence-electron chi connectivity index (χ4n) is 1.31. The predicted octanol–water partition coefficient (Wildman–Crippen LogP) is 2.33. The minimum Gasteiger partial charge on any atom is -0.461 e. The first-order valence-electron chi connectivity index (χ1n) is 5.38. The molecule has 0 aromatic carbocycles. The van der Waals surface area contributed by atoms with Gasteiger partial charge in [-0.15, -0.1) is 0 Å². The van der Waals surface area contributed by atoms with Crippen LogP contribution in [-0.2, 0) is 11.3 Å². The highest BCUT2D eigenvalue weighted by molar-refractivity contribution is 5.88. The Labute approximate surface area is 95.9 Å². The molecule has 1 aromatic rings. The van der Waals surface area contributed by atoms with Crippen molar-refractivity contribution in [3.8, 4) is 0 Å². The molecule has 0 saturated heterocycles. The first kappa shape index (κ1) is 12.5. The molecule has 1 heterocycles. The number of hydrogen-bond donors (Lipinski definition) is 0. The van der Waals surface area contributed by atoms with Gasteiger partial charge in [0.15, 0.2) is 5.69 Å². The van der Waals surface area contributed by atoms with Crippen molar-refractivity contribution in [2.45, 2.75) is 34.2 Å². The molecule has 1 aromatic heterocycles. The predicted molar refractivity (Wildman–Crippen MR) is 62.4 cm³/mol. The topological polar surface area (TPSA) is 44.1 Å². The molecule has 0 fully saturated rings. The van der Waals surface area contributed by atoms with Crippen LogP contribution in [0.25, 0.3) is 0 Å². The number of carbonyl (C=O) groups is 1. The average molecular weight is 222 g/mol. The summed E-state index contributed by atoms with van der Waals surface area (Å²) < 4.78 is 6.85. The Morgan fingerprint density at radius 3 is 2.81 bits per heavy atom. The molecule has 0 aliphatic heterocycles. The maximum absolute atomic E-state index is 11.5. The number of aromatic nitrogens is 2. The van der Waals surface area contributed by atoms with Crippen molar-refractivity contribution in [2.75, 3.05) is 6.61 Å². The summed E-state index contributed by atoms with van der Waals surface area (Å²) in [5, 5.41) is 0. The lowest BCUT2D eigenvalue weighted by molar-refractivity contribution is 0.0519. The summed E-state index contributed by atoms with van der Waals surface area (Å²) in [6, 6.07) is 0. The fraction of sp³-hybridized carbons (Fsp3) is 0.500. The summed E-state index contributed by atoms with van der Waals surface area (Å²) >= 11 is 0. The number of carbonyl (C=O) groups excluding carboxylic acids is 1. The lowest BCUT2D eigenvalue weighted by atomic mass is 10.3. The standard InChI is InChI=1S/C12H18N2O2/c1-5-16-12(15)11-10(4)14(8-13-11)7-6-9(2)3/h6,8H,5,7H2,1-4H3. The van der Waals surface area contributed by atoms with Gasteiger partial charge in [0.25, 0.3) is 0 Å². The molecular weight excluding hydrogens is 204 g/mol. The average Bonchev–Trinajstić information content (AvgIpc) is 2.57. The molecule has 4 heteroatoms. The second-order valence-corrected chi connectivity index (χ2v) is 3.83. The molecule has 1 rings (SSSR count). The number of allylic oxidation sites excluding steroid dienone is 2. The Bertz CT molecular complexity index is 401. The van der Waals surface area contributed by atoms with Crippen LogP contribution in [0.5, 0.6) is 0 Å². The normalized spacial score (nSPS) is 10.0. The van der Waals surface area contributed by atoms with E-state index in [4.69, 9.17) is 4.74 Å². The number of nitrogens with zero attached hydrogens (tertiary/aromatic N) is 2. The Balaban J connectivity index is 2.84. The van der Waals surface area contributed by atoms with Crippen LogP contribution >= 0.6 is 0 Å². The molecule has 0 N–H and O–H groups in total. The van der Waals surface area contributed by atoms with Gasteiger partial charge in [0, 0.05) is 12.2 Å². The van der Waals surface area contributed by atoms with Crippen LogP contribution in [0.3, 0.4) is 0 Å². The number of esters is 1. The summed E-state index contributed by atoms with van der Waals surface area (Å²) in [4.78, 5) is 15.6. The van der Waals surface area contributed by atoms with Crippen LogP contribution in [0, 0.1) is 6.92 Å². The van der Waals surface area contributed by atoms with Gasteiger partial charge in [0.05, 0.1) is 12.9 Å². The smallest absolute Gasteiger partial charge is 0.358 e. The number of ether oxygens (including phenoxy) is 1. The van der Waals surface area contributed by atoms with E-state index in [1.807, 2.05) is 25.3 Å². The van der Waals surface area contributed by atoms with Crippen LogP contribution in [0.4, 0.5) is 0 Å². The second-order valence-electron chi connectivity index (χ2n) is 3.83. The van der Waals surface area contributed by atoms with Gasteiger partial charge in [-0.1, -0.05) is 11.6 Å². The molecule has 0 saturated carbocycles. The van der Waals surface area contributed by atoms with Gasteiger partial charge >= 0.3 is 5.97 Å². The Morgan fingerprint density at radius 1 is 1.56 bits per heavy atom. The van der Waals surface area contributed by atoms with Crippen molar-refractivity contribution >= 4 is 5.97 Å². The van der Waals surface area contributed by atoms with Gasteiger partial charge in [-0.05, 0) is 27.7 Å². The van der Waals surface area contributed by atoms with E-state index < -0.39 is 0 Å². The molecule has 4 nitrogen and oxygen atoms in total. The molecular formula is C12H18N2O2. The molecule has 0 atom stereocenters. The first-order chi connectivity index (χ1) is 7.56. The number of hydrogen-bond acceptors (Lipinski definition) is 3. The molecule has 0 amide bonds. The Morgan fingerprint density at radius 2 is 2.25 bits per heavy atom. The van der Waals surface area contributed by atoms with Gasteiger partial charge in [-0.3, -0.25) is 0 Å². The Hall–Kier alpha value is -1.58. The SMILES string of the molecule is CCOC(=O)c1ncn(CC=C(C)C)c1C. The molecule has 0 spiro atoms. The minimum atomic E-state index is -0.351. The van der Waals surface area contributed by atoms with Crippen molar-refractivity contribution in [1.82, 2.24) is 9.55 Å². The molecule has 0 aliphatic rings. The number of imidazole rings is 1. The van der Waals surface area contributed by atoms with Crippen LogP contribution in [0.1, 0.15) is 37.0 Å². The van der Waals surface area contributed by atoms with E-state index in [0.29, 0.717) is 12.3 Å². The summed E-state index contributed by atoms with van der Waals surface area (Å²) in [5.74, 6) is -0.351. The largest absolute Gasteiger partial charge is 0.461 e. The van der Waals surface area contributed by atoms with E-state index in [-0.39, 0.29) is 5.97 Å². The fourth-order valence-corrected chi connectivity index (χ4v) is 1.31. The Kier molecular flexibility index (Phi) is 4.28. The van der Waals surface area contributed by atoms with Gasteiger partial charge in [-0.25, -0.2) is 9.78 Å². The molecule has 0 bridgehead atoms. The van der Waals surface area contributed by atoms with Crippen molar-refractivity contribution in [3.63, 3.8) is 0 Å². The molecule has 0 radical (unpaired) electrons. The van der Waals surface area contributed by atoms with Gasteiger partial charge in [0.2, 0.25) is 0 Å². The van der Waals surface area contributed by atoms with Crippen LogP contribution in [-0.4, -0.2) is 22.1 Å². The van der Waals surface area contributed by atoms with E-state index in [9.17, 15) is 4.79 Å². The second kappa shape index (κ2) is 5.49. The van der Waals surface area contributed by atoms with E-state index in [1.54, 1.807) is 13.3 Å². The third-order valence-electron chi connectivity index (χ3n) is 2.26. The van der Waals surface area contributed by atoms with E-state index in [2.05, 4.69) is 11.1 Å². The highest BCUT2D eigenvalue weighted by Crippen LogP contribution is 2.08. The number of rotatable bonds is 4. The van der Waals surface area contributed by atoms with Crippen molar-refractivity contribution in [3.05, 3.63) is 29.4 Å². The molecule has 0 unspecified atom stereocenters. The zero-order chi connectivity index (χ0) is 12.1. The zero-order valence-corrected chi connectivity index (χ0v) is 10.3. The summed E-state index contributed by atoms with van der Waals surface area (Å²) in [7, 11) is 0. The quantitative estimate of drug-likeness (QED) is 0.580. The van der Waals surface area contributed by atoms with E-state index in [1.165, 1.54) is 5.57 Å². The van der Waals surface area contributed by atoms with E-state index in [0.717, 1.165) is 12.2 Å². The molecule has 88 valence electrons. The van der Waals surface area contributed by atoms with Crippen molar-refractivity contribution in [1.29, 1.82) is 0 Å². The summed E-state index contributed by atoms with van der Waals surface area (Å²) in [6.07, 6.45) is 3.75. The summed E-state index contributed by atoms with van der Waals surface area (Å²) in [5.41, 5.74) is 2.49. The molecule has 16 heavy (non-hydrogen) atoms. The van der Waals surface area contributed by atoms with Crippen molar-refractivity contribution < 1.29 is 9.53 Å². The summed E-state index contributed by atoms with van der Waals surface area (Å²) in [6.45, 7) is 8.85. The van der Waals surface area contributed by atoms with Crippen LogP contribution < -0.4 is 0 Å². The molecule has 0 aliphatic carbocycles. The maximum atomic E-state index is 11.5. The zero-order valence-electron chi connectivity index (χ0n) is 10.3. The highest BCUT2D eigenvalue weighted by Gasteiger charge is 2.14. The minimum absolute atomic E-state index is 0.351. The lowest BCUT2D eigenvalue weighted by Crippen LogP contribution is -2.08. The monoisotopic (exact) mass is 222 g/mol. The third-order valence-corrected chi connectivity index (χ3v) is 2.26. The van der Waals surface area contributed by atoms with Gasteiger partial charge in [0.1, 0.15) is 0 Å². The van der Waals surface area contributed by atoms with Crippen LogP contribution in [0.2, 0.25) is 0 Å². The maximum Gasteiger partial charge on any atom is 0.358 e. The van der Waals surface area contributed by atoms with E-state index >= 15 is 0 Å². The lowest BCUT2D eigenvalue weighted by Gasteiger charge is -2.03. The third kappa shape index (κ3) is 2.95. The van der Waals surface area contributed by atoms with Gasteiger partial charge in [-0.2, -0.15) is 0 Å². The van der Waals surface area contributed by atoms with Crippen molar-refractivity contribution in [2.24, 2.45) is 0 Å². The first-order valence-corrected chi connectivity index (χ1v) is 5.38. The van der Waals surface area contributed by atoms with Crippen LogP contribution in [0.15, 0.2) is 18.0 Å². The highest BCUT2D eigenvalue weighted by atomic mass is 16.5. The van der Waals surface area contributed by atoms with Gasteiger partial charge < -0.3 is 9.30 Å².